The summed E-state index contributed by atoms with van der Waals surface area (Å²) < 4.78 is 5.61. The molecule has 2 rings (SSSR count). The van der Waals surface area contributed by atoms with Crippen molar-refractivity contribution in [1.82, 2.24) is 0 Å². The van der Waals surface area contributed by atoms with Crippen molar-refractivity contribution < 1.29 is 4.74 Å². The summed E-state index contributed by atoms with van der Waals surface area (Å²) in [5.74, 6) is 0. The maximum atomic E-state index is 5.61. The Morgan fingerprint density at radius 3 is 2.75 bits per heavy atom. The van der Waals surface area contributed by atoms with Crippen molar-refractivity contribution >= 4 is 15.9 Å². The number of halogens is 1. The molecule has 1 heterocycles. The monoisotopic (exact) mass is 232 g/mol. The zero-order chi connectivity index (χ0) is 8.44. The Labute approximate surface area is 83.0 Å². The van der Waals surface area contributed by atoms with Gasteiger partial charge in [0.1, 0.15) is 0 Å². The van der Waals surface area contributed by atoms with Gasteiger partial charge in [-0.1, -0.05) is 15.9 Å². The highest BCUT2D eigenvalue weighted by Crippen LogP contribution is 2.51. The van der Waals surface area contributed by atoms with E-state index in [2.05, 4.69) is 15.9 Å². The molecule has 2 aliphatic rings. The average molecular weight is 233 g/mol. The van der Waals surface area contributed by atoms with Crippen LogP contribution in [0.3, 0.4) is 0 Å². The lowest BCUT2D eigenvalue weighted by atomic mass is 9.99. The summed E-state index contributed by atoms with van der Waals surface area (Å²) >= 11 is 3.60. The molecular formula is C10H17BrO. The second-order valence-electron chi connectivity index (χ2n) is 4.31. The minimum Gasteiger partial charge on any atom is -0.378 e. The van der Waals surface area contributed by atoms with E-state index in [0.29, 0.717) is 11.5 Å². The first-order valence-electron chi connectivity index (χ1n) is 5.02. The predicted molar refractivity (Wildman–Crippen MR) is 53.7 cm³/mol. The number of hydrogen-bond donors (Lipinski definition) is 0. The van der Waals surface area contributed by atoms with Gasteiger partial charge in [-0.05, 0) is 43.9 Å². The van der Waals surface area contributed by atoms with Gasteiger partial charge < -0.3 is 4.74 Å². The Morgan fingerprint density at radius 1 is 1.42 bits per heavy atom. The molecule has 1 aliphatic heterocycles. The van der Waals surface area contributed by atoms with Gasteiger partial charge in [-0.15, -0.1) is 0 Å². The van der Waals surface area contributed by atoms with Gasteiger partial charge in [-0.3, -0.25) is 0 Å². The zero-order valence-electron chi connectivity index (χ0n) is 7.52. The third-order valence-corrected chi connectivity index (χ3v) is 4.45. The first-order valence-corrected chi connectivity index (χ1v) is 6.14. The summed E-state index contributed by atoms with van der Waals surface area (Å²) in [4.78, 5) is 0. The van der Waals surface area contributed by atoms with Crippen molar-refractivity contribution in [3.05, 3.63) is 0 Å². The van der Waals surface area contributed by atoms with Gasteiger partial charge in [0, 0.05) is 11.9 Å². The zero-order valence-corrected chi connectivity index (χ0v) is 9.11. The fourth-order valence-corrected chi connectivity index (χ4v) is 2.81. The molecule has 0 N–H and O–H groups in total. The van der Waals surface area contributed by atoms with Gasteiger partial charge in [0.2, 0.25) is 0 Å². The molecule has 0 aromatic heterocycles. The van der Waals surface area contributed by atoms with Crippen LogP contribution in [0.4, 0.5) is 0 Å². The van der Waals surface area contributed by atoms with Crippen LogP contribution >= 0.6 is 15.9 Å². The predicted octanol–water partition coefficient (Wildman–Crippen LogP) is 3.12. The quantitative estimate of drug-likeness (QED) is 0.678. The van der Waals surface area contributed by atoms with Crippen molar-refractivity contribution in [2.24, 2.45) is 5.41 Å². The maximum Gasteiger partial charge on any atom is 0.0576 e. The summed E-state index contributed by atoms with van der Waals surface area (Å²) in [5.41, 5.74) is 0.686. The number of ether oxygens (including phenoxy) is 1. The van der Waals surface area contributed by atoms with Crippen LogP contribution in [0.2, 0.25) is 0 Å². The Kier molecular flexibility index (Phi) is 2.75. The normalized spacial score (nSPS) is 32.2. The minimum absolute atomic E-state index is 0.599. The van der Waals surface area contributed by atoms with Gasteiger partial charge >= 0.3 is 0 Å². The highest BCUT2D eigenvalue weighted by molar-refractivity contribution is 9.09. The molecule has 70 valence electrons. The number of hydrogen-bond acceptors (Lipinski definition) is 1. The van der Waals surface area contributed by atoms with Gasteiger partial charge in [-0.2, -0.15) is 0 Å². The van der Waals surface area contributed by atoms with Crippen LogP contribution < -0.4 is 0 Å². The molecule has 0 aromatic carbocycles. The van der Waals surface area contributed by atoms with E-state index in [0.717, 1.165) is 6.61 Å². The highest BCUT2D eigenvalue weighted by Gasteiger charge is 2.41. The van der Waals surface area contributed by atoms with Crippen LogP contribution in [0.5, 0.6) is 0 Å². The number of rotatable bonds is 4. The summed E-state index contributed by atoms with van der Waals surface area (Å²) in [5, 5.41) is 1.20. The van der Waals surface area contributed by atoms with Crippen LogP contribution in [0.25, 0.3) is 0 Å². The second kappa shape index (κ2) is 3.67. The lowest BCUT2D eigenvalue weighted by Gasteiger charge is -2.14. The first-order chi connectivity index (χ1) is 5.85. The second-order valence-corrected chi connectivity index (χ2v) is 4.87. The molecular weight excluding hydrogens is 216 g/mol. The lowest BCUT2D eigenvalue weighted by Crippen LogP contribution is -2.10. The number of alkyl halides is 1. The molecule has 0 bridgehead atoms. The molecule has 0 amide bonds. The van der Waals surface area contributed by atoms with Crippen LogP contribution in [-0.2, 0) is 4.74 Å². The highest BCUT2D eigenvalue weighted by atomic mass is 79.9. The molecule has 1 saturated carbocycles. The lowest BCUT2D eigenvalue weighted by molar-refractivity contribution is 0.0979. The van der Waals surface area contributed by atoms with E-state index >= 15 is 0 Å². The molecule has 1 unspecified atom stereocenters. The van der Waals surface area contributed by atoms with Crippen LogP contribution in [0.15, 0.2) is 0 Å². The fraction of sp³-hybridized carbons (Fsp3) is 1.00. The summed E-state index contributed by atoms with van der Waals surface area (Å²) in [7, 11) is 0. The minimum atomic E-state index is 0.599. The molecule has 0 spiro atoms. The Morgan fingerprint density at radius 2 is 2.25 bits per heavy atom. The smallest absolute Gasteiger partial charge is 0.0576 e. The molecule has 0 radical (unpaired) electrons. The molecule has 2 heteroatoms. The molecule has 1 nitrogen and oxygen atoms in total. The Hall–Kier alpha value is 0.440. The molecule has 0 aromatic rings. The molecule has 1 aliphatic carbocycles. The van der Waals surface area contributed by atoms with Gasteiger partial charge in [-0.25, -0.2) is 0 Å². The van der Waals surface area contributed by atoms with Crippen molar-refractivity contribution in [3.63, 3.8) is 0 Å². The van der Waals surface area contributed by atoms with Gasteiger partial charge in [0.15, 0.2) is 0 Å². The molecule has 2 fully saturated rings. The van der Waals surface area contributed by atoms with E-state index in [1.54, 1.807) is 0 Å². The topological polar surface area (TPSA) is 9.23 Å². The van der Waals surface area contributed by atoms with E-state index in [1.807, 2.05) is 0 Å². The van der Waals surface area contributed by atoms with Crippen LogP contribution in [0, 0.1) is 5.41 Å². The molecule has 1 saturated heterocycles. The third kappa shape index (κ3) is 2.02. The van der Waals surface area contributed by atoms with E-state index < -0.39 is 0 Å². The summed E-state index contributed by atoms with van der Waals surface area (Å²) in [6, 6.07) is 0. The van der Waals surface area contributed by atoms with Gasteiger partial charge in [0.05, 0.1) is 6.10 Å². The molecule has 1 atom stereocenters. The maximum absolute atomic E-state index is 5.61. The third-order valence-electron chi connectivity index (χ3n) is 3.26. The van der Waals surface area contributed by atoms with Gasteiger partial charge in [0.25, 0.3) is 0 Å². The Balaban J connectivity index is 1.67. The largest absolute Gasteiger partial charge is 0.378 e. The Bertz CT molecular complexity index is 148. The first kappa shape index (κ1) is 9.01. The van der Waals surface area contributed by atoms with E-state index in [9.17, 15) is 0 Å². The summed E-state index contributed by atoms with van der Waals surface area (Å²) in [6.07, 6.45) is 8.73. The van der Waals surface area contributed by atoms with Crippen LogP contribution in [-0.4, -0.2) is 18.0 Å². The average Bonchev–Trinajstić information content (AvgIpc) is 2.70. The van der Waals surface area contributed by atoms with Crippen LogP contribution in [0.1, 0.15) is 38.5 Å². The SMILES string of the molecule is BrCC1(CCC2CCCO2)CC1. The molecule has 12 heavy (non-hydrogen) atoms. The standard InChI is InChI=1S/C10H17BrO/c11-8-10(5-6-10)4-3-9-2-1-7-12-9/h9H,1-8H2. The fourth-order valence-electron chi connectivity index (χ4n) is 1.97. The van der Waals surface area contributed by atoms with Crippen molar-refractivity contribution in [2.45, 2.75) is 44.6 Å². The van der Waals surface area contributed by atoms with Crippen molar-refractivity contribution in [1.29, 1.82) is 0 Å². The van der Waals surface area contributed by atoms with Crippen molar-refractivity contribution in [3.8, 4) is 0 Å². The van der Waals surface area contributed by atoms with E-state index in [4.69, 9.17) is 4.74 Å². The van der Waals surface area contributed by atoms with E-state index in [-0.39, 0.29) is 0 Å². The van der Waals surface area contributed by atoms with E-state index in [1.165, 1.54) is 43.9 Å². The van der Waals surface area contributed by atoms with Crippen molar-refractivity contribution in [2.75, 3.05) is 11.9 Å². The summed E-state index contributed by atoms with van der Waals surface area (Å²) in [6.45, 7) is 1.01.